The number of ether oxygens (including phenoxy) is 1. The summed E-state index contributed by atoms with van der Waals surface area (Å²) in [6, 6.07) is 1.97. The van der Waals surface area contributed by atoms with Gasteiger partial charge in [-0.15, -0.1) is 0 Å². The summed E-state index contributed by atoms with van der Waals surface area (Å²) in [5.41, 5.74) is 6.53. The van der Waals surface area contributed by atoms with Crippen molar-refractivity contribution >= 4 is 17.3 Å². The van der Waals surface area contributed by atoms with Crippen molar-refractivity contribution in [2.45, 2.75) is 25.4 Å². The van der Waals surface area contributed by atoms with Gasteiger partial charge in [-0.25, -0.2) is 0 Å². The third-order valence-electron chi connectivity index (χ3n) is 3.24. The Balaban J connectivity index is 1.81. The summed E-state index contributed by atoms with van der Waals surface area (Å²) in [4.78, 5) is 6.31. The highest BCUT2D eigenvalue weighted by atomic mass is 35.5. The van der Waals surface area contributed by atoms with E-state index in [0.717, 1.165) is 49.7 Å². The van der Waals surface area contributed by atoms with Gasteiger partial charge in [-0.2, -0.15) is 0 Å². The van der Waals surface area contributed by atoms with E-state index in [-0.39, 0.29) is 0 Å². The van der Waals surface area contributed by atoms with Crippen LogP contribution in [0.25, 0.3) is 0 Å². The lowest BCUT2D eigenvalue weighted by Crippen LogP contribution is -2.37. The van der Waals surface area contributed by atoms with Crippen LogP contribution in [0.3, 0.4) is 0 Å². The van der Waals surface area contributed by atoms with Gasteiger partial charge in [-0.3, -0.25) is 4.98 Å². The van der Waals surface area contributed by atoms with E-state index in [4.69, 9.17) is 22.1 Å². The van der Waals surface area contributed by atoms with E-state index in [9.17, 15) is 0 Å². The van der Waals surface area contributed by atoms with Crippen LogP contribution < -0.4 is 10.6 Å². The second-order valence-corrected chi connectivity index (χ2v) is 4.93. The first-order valence-electron chi connectivity index (χ1n) is 6.47. The monoisotopic (exact) mass is 269 g/mol. The van der Waals surface area contributed by atoms with Crippen molar-refractivity contribution in [2.75, 3.05) is 31.1 Å². The molecule has 0 aromatic carbocycles. The molecule has 0 atom stereocenters. The van der Waals surface area contributed by atoms with Crippen molar-refractivity contribution < 1.29 is 4.74 Å². The predicted octanol–water partition coefficient (Wildman–Crippen LogP) is 2.07. The average molecular weight is 270 g/mol. The topological polar surface area (TPSA) is 51.4 Å². The molecule has 0 amide bonds. The summed E-state index contributed by atoms with van der Waals surface area (Å²) in [6.07, 6.45) is 6.88. The quantitative estimate of drug-likeness (QED) is 0.832. The number of halogens is 1. The van der Waals surface area contributed by atoms with Crippen LogP contribution >= 0.6 is 11.6 Å². The Morgan fingerprint density at radius 2 is 2.22 bits per heavy atom. The standard InChI is InChI=1S/C13H20ClN3O/c14-12-10-16-6-2-13(12)17-7-3-11(4-8-17)18-9-1-5-15/h2,6,10-11H,1,3-5,7-9,15H2. The molecule has 1 aromatic rings. The van der Waals surface area contributed by atoms with Crippen LogP contribution in [0.4, 0.5) is 5.69 Å². The zero-order chi connectivity index (χ0) is 12.8. The van der Waals surface area contributed by atoms with Crippen molar-refractivity contribution in [2.24, 2.45) is 5.73 Å². The van der Waals surface area contributed by atoms with Crippen molar-refractivity contribution in [3.05, 3.63) is 23.5 Å². The Morgan fingerprint density at radius 3 is 2.89 bits per heavy atom. The molecule has 1 aliphatic rings. The van der Waals surface area contributed by atoms with Crippen LogP contribution in [-0.2, 0) is 4.74 Å². The van der Waals surface area contributed by atoms with Gasteiger partial charge >= 0.3 is 0 Å². The van der Waals surface area contributed by atoms with Gasteiger partial charge in [0.05, 0.1) is 16.8 Å². The summed E-state index contributed by atoms with van der Waals surface area (Å²) in [6.45, 7) is 3.44. The van der Waals surface area contributed by atoms with Gasteiger partial charge in [0.1, 0.15) is 0 Å². The largest absolute Gasteiger partial charge is 0.378 e. The smallest absolute Gasteiger partial charge is 0.0822 e. The van der Waals surface area contributed by atoms with Crippen molar-refractivity contribution in [1.82, 2.24) is 4.98 Å². The molecule has 0 unspecified atom stereocenters. The molecule has 0 aliphatic carbocycles. The molecule has 0 bridgehead atoms. The molecule has 1 aromatic heterocycles. The van der Waals surface area contributed by atoms with Crippen LogP contribution in [0.1, 0.15) is 19.3 Å². The van der Waals surface area contributed by atoms with Crippen LogP contribution in [0, 0.1) is 0 Å². The predicted molar refractivity (Wildman–Crippen MR) is 74.1 cm³/mol. The molecule has 1 saturated heterocycles. The molecule has 5 heteroatoms. The Labute approximate surface area is 113 Å². The number of hydrogen-bond acceptors (Lipinski definition) is 4. The molecular weight excluding hydrogens is 250 g/mol. The van der Waals surface area contributed by atoms with E-state index < -0.39 is 0 Å². The first kappa shape index (κ1) is 13.6. The van der Waals surface area contributed by atoms with Crippen molar-refractivity contribution in [1.29, 1.82) is 0 Å². The number of nitrogens with zero attached hydrogens (tertiary/aromatic N) is 2. The normalized spacial score (nSPS) is 17.1. The Hall–Kier alpha value is -0.840. The number of pyridine rings is 1. The third kappa shape index (κ3) is 3.57. The highest BCUT2D eigenvalue weighted by Gasteiger charge is 2.20. The molecule has 0 spiro atoms. The minimum absolute atomic E-state index is 0.369. The molecule has 1 fully saturated rings. The molecule has 2 rings (SSSR count). The third-order valence-corrected chi connectivity index (χ3v) is 3.53. The van der Waals surface area contributed by atoms with Gasteiger partial charge in [0.2, 0.25) is 0 Å². The fraction of sp³-hybridized carbons (Fsp3) is 0.615. The lowest BCUT2D eigenvalue weighted by molar-refractivity contribution is 0.0366. The van der Waals surface area contributed by atoms with Crippen molar-refractivity contribution in [3.63, 3.8) is 0 Å². The average Bonchev–Trinajstić information content (AvgIpc) is 2.41. The molecule has 0 radical (unpaired) electrons. The van der Waals surface area contributed by atoms with E-state index in [2.05, 4.69) is 9.88 Å². The molecule has 0 saturated carbocycles. The highest BCUT2D eigenvalue weighted by Crippen LogP contribution is 2.27. The summed E-state index contributed by atoms with van der Waals surface area (Å²) in [7, 11) is 0. The van der Waals surface area contributed by atoms with Gasteiger partial charge in [0, 0.05) is 32.1 Å². The first-order valence-corrected chi connectivity index (χ1v) is 6.85. The minimum Gasteiger partial charge on any atom is -0.378 e. The number of nitrogens with two attached hydrogens (primary N) is 1. The van der Waals surface area contributed by atoms with Crippen LogP contribution in [0.15, 0.2) is 18.5 Å². The van der Waals surface area contributed by atoms with Gasteiger partial charge in [-0.1, -0.05) is 11.6 Å². The molecular formula is C13H20ClN3O. The summed E-state index contributed by atoms with van der Waals surface area (Å²) in [5.74, 6) is 0. The maximum atomic E-state index is 6.15. The van der Waals surface area contributed by atoms with Crippen molar-refractivity contribution in [3.8, 4) is 0 Å². The number of hydrogen-bond donors (Lipinski definition) is 1. The van der Waals surface area contributed by atoms with E-state index in [1.165, 1.54) is 0 Å². The summed E-state index contributed by atoms with van der Waals surface area (Å²) >= 11 is 6.15. The highest BCUT2D eigenvalue weighted by molar-refractivity contribution is 6.33. The van der Waals surface area contributed by atoms with E-state index in [0.29, 0.717) is 12.6 Å². The van der Waals surface area contributed by atoms with Gasteiger partial charge < -0.3 is 15.4 Å². The second kappa shape index (κ2) is 6.92. The zero-order valence-electron chi connectivity index (χ0n) is 10.5. The molecule has 2 N–H and O–H groups in total. The summed E-state index contributed by atoms with van der Waals surface area (Å²) in [5, 5.41) is 0.722. The van der Waals surface area contributed by atoms with E-state index in [1.54, 1.807) is 12.4 Å². The molecule has 4 nitrogen and oxygen atoms in total. The Kier molecular flexibility index (Phi) is 5.23. The minimum atomic E-state index is 0.369. The number of aromatic nitrogens is 1. The lowest BCUT2D eigenvalue weighted by Gasteiger charge is -2.33. The lowest BCUT2D eigenvalue weighted by atomic mass is 10.1. The molecule has 2 heterocycles. The summed E-state index contributed by atoms with van der Waals surface area (Å²) < 4.78 is 5.79. The van der Waals surface area contributed by atoms with Crippen LogP contribution in [0.5, 0.6) is 0 Å². The fourth-order valence-electron chi connectivity index (χ4n) is 2.22. The zero-order valence-corrected chi connectivity index (χ0v) is 11.3. The Bertz CT molecular complexity index is 367. The van der Waals surface area contributed by atoms with Crippen LogP contribution in [-0.4, -0.2) is 37.3 Å². The SMILES string of the molecule is NCCCOC1CCN(c2ccncc2Cl)CC1. The molecule has 18 heavy (non-hydrogen) atoms. The fourth-order valence-corrected chi connectivity index (χ4v) is 2.46. The first-order chi connectivity index (χ1) is 8.81. The second-order valence-electron chi connectivity index (χ2n) is 4.53. The Morgan fingerprint density at radius 1 is 1.44 bits per heavy atom. The van der Waals surface area contributed by atoms with E-state index in [1.807, 2.05) is 6.07 Å². The number of anilines is 1. The molecule has 100 valence electrons. The number of rotatable bonds is 5. The molecule has 1 aliphatic heterocycles. The number of piperidine rings is 1. The van der Waals surface area contributed by atoms with Gasteiger partial charge in [0.15, 0.2) is 0 Å². The van der Waals surface area contributed by atoms with Gasteiger partial charge in [0.25, 0.3) is 0 Å². The van der Waals surface area contributed by atoms with Crippen LogP contribution in [0.2, 0.25) is 5.02 Å². The maximum absolute atomic E-state index is 6.15. The van der Waals surface area contributed by atoms with Gasteiger partial charge in [-0.05, 0) is 31.9 Å². The van der Waals surface area contributed by atoms with E-state index >= 15 is 0 Å². The maximum Gasteiger partial charge on any atom is 0.0822 e.